The maximum atomic E-state index is 13.6. The zero-order chi connectivity index (χ0) is 12.3. The monoisotopic (exact) mass is 235 g/mol. The highest BCUT2D eigenvalue weighted by Gasteiger charge is 2.22. The Balaban J connectivity index is 2.09. The molecular weight excluding hydrogens is 213 g/mol. The molecule has 0 heterocycles. The molecule has 1 N–H and O–H groups in total. The van der Waals surface area contributed by atoms with E-state index in [4.69, 9.17) is 0 Å². The van der Waals surface area contributed by atoms with Crippen LogP contribution in [0.15, 0.2) is 18.2 Å². The minimum absolute atomic E-state index is 0.0842. The van der Waals surface area contributed by atoms with E-state index in [9.17, 15) is 4.39 Å². The molecule has 0 radical (unpaired) electrons. The SMILES string of the molecule is CCNC(CC1CCC1)c1ccc(C)c(F)c1. The lowest BCUT2D eigenvalue weighted by Crippen LogP contribution is -2.26. The average molecular weight is 235 g/mol. The predicted molar refractivity (Wildman–Crippen MR) is 69.5 cm³/mol. The summed E-state index contributed by atoms with van der Waals surface area (Å²) in [5, 5.41) is 3.48. The molecule has 1 nitrogen and oxygen atoms in total. The van der Waals surface area contributed by atoms with Gasteiger partial charge in [-0.3, -0.25) is 0 Å². The Morgan fingerprint density at radius 2 is 2.18 bits per heavy atom. The predicted octanol–water partition coefficient (Wildman–Crippen LogP) is 3.97. The molecule has 0 amide bonds. The third-order valence-corrected chi connectivity index (χ3v) is 3.84. The molecule has 1 fully saturated rings. The summed E-state index contributed by atoms with van der Waals surface area (Å²) >= 11 is 0. The molecule has 0 saturated heterocycles. The number of halogens is 1. The Morgan fingerprint density at radius 1 is 1.41 bits per heavy atom. The van der Waals surface area contributed by atoms with Crippen molar-refractivity contribution in [3.63, 3.8) is 0 Å². The van der Waals surface area contributed by atoms with Gasteiger partial charge in [0.1, 0.15) is 5.82 Å². The lowest BCUT2D eigenvalue weighted by molar-refractivity contribution is 0.262. The molecule has 0 bridgehead atoms. The molecule has 1 atom stereocenters. The highest BCUT2D eigenvalue weighted by atomic mass is 19.1. The molecule has 1 saturated carbocycles. The first-order valence-corrected chi connectivity index (χ1v) is 6.70. The van der Waals surface area contributed by atoms with Crippen LogP contribution in [0.5, 0.6) is 0 Å². The average Bonchev–Trinajstić information content (AvgIpc) is 2.25. The van der Waals surface area contributed by atoms with Crippen LogP contribution in [-0.4, -0.2) is 6.54 Å². The summed E-state index contributed by atoms with van der Waals surface area (Å²) in [5.74, 6) is 0.752. The summed E-state index contributed by atoms with van der Waals surface area (Å²) in [6, 6.07) is 5.96. The van der Waals surface area contributed by atoms with Gasteiger partial charge in [0, 0.05) is 6.04 Å². The van der Waals surface area contributed by atoms with E-state index in [1.165, 1.54) is 19.3 Å². The smallest absolute Gasteiger partial charge is 0.126 e. The van der Waals surface area contributed by atoms with E-state index in [-0.39, 0.29) is 5.82 Å². The zero-order valence-corrected chi connectivity index (χ0v) is 10.8. The largest absolute Gasteiger partial charge is 0.310 e. The fraction of sp³-hybridized carbons (Fsp3) is 0.600. The van der Waals surface area contributed by atoms with Crippen LogP contribution >= 0.6 is 0 Å². The van der Waals surface area contributed by atoms with Gasteiger partial charge in [-0.25, -0.2) is 4.39 Å². The first-order chi connectivity index (χ1) is 8.20. The second-order valence-electron chi connectivity index (χ2n) is 5.15. The fourth-order valence-electron chi connectivity index (χ4n) is 2.47. The van der Waals surface area contributed by atoms with Gasteiger partial charge in [-0.15, -0.1) is 0 Å². The zero-order valence-electron chi connectivity index (χ0n) is 10.8. The second-order valence-corrected chi connectivity index (χ2v) is 5.15. The molecule has 1 aromatic rings. The van der Waals surface area contributed by atoms with Crippen LogP contribution in [0.25, 0.3) is 0 Å². The summed E-state index contributed by atoms with van der Waals surface area (Å²) in [6.45, 7) is 4.86. The van der Waals surface area contributed by atoms with Crippen LogP contribution in [0.3, 0.4) is 0 Å². The van der Waals surface area contributed by atoms with Gasteiger partial charge in [0.05, 0.1) is 0 Å². The normalized spacial score (nSPS) is 17.8. The molecule has 1 aliphatic rings. The third-order valence-electron chi connectivity index (χ3n) is 3.84. The van der Waals surface area contributed by atoms with Crippen molar-refractivity contribution in [3.8, 4) is 0 Å². The van der Waals surface area contributed by atoms with Crippen molar-refractivity contribution in [2.45, 2.75) is 45.6 Å². The van der Waals surface area contributed by atoms with Crippen molar-refractivity contribution in [2.75, 3.05) is 6.54 Å². The van der Waals surface area contributed by atoms with E-state index < -0.39 is 0 Å². The van der Waals surface area contributed by atoms with E-state index in [2.05, 4.69) is 18.3 Å². The van der Waals surface area contributed by atoms with Crippen molar-refractivity contribution in [1.82, 2.24) is 5.32 Å². The molecule has 1 aromatic carbocycles. The van der Waals surface area contributed by atoms with Crippen LogP contribution in [0.1, 0.15) is 49.8 Å². The number of rotatable bonds is 5. The summed E-state index contributed by atoms with van der Waals surface area (Å²) < 4.78 is 13.6. The van der Waals surface area contributed by atoms with Crippen LogP contribution in [0.4, 0.5) is 4.39 Å². The molecule has 17 heavy (non-hydrogen) atoms. The Labute approximate surface area is 103 Å². The van der Waals surface area contributed by atoms with Crippen molar-refractivity contribution >= 4 is 0 Å². The highest BCUT2D eigenvalue weighted by molar-refractivity contribution is 5.26. The van der Waals surface area contributed by atoms with Gasteiger partial charge in [0.2, 0.25) is 0 Å². The molecule has 1 unspecified atom stereocenters. The van der Waals surface area contributed by atoms with Crippen LogP contribution < -0.4 is 5.32 Å². The van der Waals surface area contributed by atoms with E-state index in [1.54, 1.807) is 6.07 Å². The van der Waals surface area contributed by atoms with Gasteiger partial charge in [0.15, 0.2) is 0 Å². The Hall–Kier alpha value is -0.890. The maximum absolute atomic E-state index is 13.6. The number of aryl methyl sites for hydroxylation is 1. The molecule has 2 rings (SSSR count). The molecule has 1 aliphatic carbocycles. The minimum Gasteiger partial charge on any atom is -0.310 e. The van der Waals surface area contributed by atoms with Gasteiger partial charge in [0.25, 0.3) is 0 Å². The molecule has 0 aromatic heterocycles. The second kappa shape index (κ2) is 5.63. The quantitative estimate of drug-likeness (QED) is 0.814. The van der Waals surface area contributed by atoms with E-state index in [0.717, 1.165) is 30.0 Å². The molecule has 94 valence electrons. The van der Waals surface area contributed by atoms with E-state index in [1.807, 2.05) is 13.0 Å². The lowest BCUT2D eigenvalue weighted by Gasteiger charge is -2.30. The lowest BCUT2D eigenvalue weighted by atomic mass is 9.79. The first-order valence-electron chi connectivity index (χ1n) is 6.70. The molecular formula is C15H22FN. The Kier molecular flexibility index (Phi) is 4.16. The third kappa shape index (κ3) is 3.06. The Morgan fingerprint density at radius 3 is 2.71 bits per heavy atom. The maximum Gasteiger partial charge on any atom is 0.126 e. The minimum atomic E-state index is -0.0842. The highest BCUT2D eigenvalue weighted by Crippen LogP contribution is 2.34. The molecule has 0 aliphatic heterocycles. The fourth-order valence-corrected chi connectivity index (χ4v) is 2.47. The molecule has 2 heteroatoms. The van der Waals surface area contributed by atoms with Gasteiger partial charge >= 0.3 is 0 Å². The van der Waals surface area contributed by atoms with Crippen molar-refractivity contribution in [1.29, 1.82) is 0 Å². The summed E-state index contributed by atoms with van der Waals surface area (Å²) in [4.78, 5) is 0. The van der Waals surface area contributed by atoms with Crippen LogP contribution in [0.2, 0.25) is 0 Å². The van der Waals surface area contributed by atoms with Crippen LogP contribution in [0, 0.1) is 18.7 Å². The van der Waals surface area contributed by atoms with Crippen molar-refractivity contribution < 1.29 is 4.39 Å². The topological polar surface area (TPSA) is 12.0 Å². The van der Waals surface area contributed by atoms with E-state index in [0.29, 0.717) is 6.04 Å². The number of benzene rings is 1. The first kappa shape index (κ1) is 12.6. The summed E-state index contributed by atoms with van der Waals surface area (Å²) in [5.41, 5.74) is 1.83. The molecule has 0 spiro atoms. The number of nitrogens with one attached hydrogen (secondary N) is 1. The number of hydrogen-bond acceptors (Lipinski definition) is 1. The number of hydrogen-bond donors (Lipinski definition) is 1. The summed E-state index contributed by atoms with van der Waals surface area (Å²) in [7, 11) is 0. The van der Waals surface area contributed by atoms with E-state index >= 15 is 0 Å². The van der Waals surface area contributed by atoms with Crippen LogP contribution in [-0.2, 0) is 0 Å². The standard InChI is InChI=1S/C15H22FN/c1-3-17-15(9-12-5-4-6-12)13-8-7-11(2)14(16)10-13/h7-8,10,12,15,17H,3-6,9H2,1-2H3. The Bertz CT molecular complexity index is 371. The van der Waals surface area contributed by atoms with Gasteiger partial charge in [-0.05, 0) is 43.0 Å². The van der Waals surface area contributed by atoms with Gasteiger partial charge in [-0.1, -0.05) is 38.3 Å². The summed E-state index contributed by atoms with van der Waals surface area (Å²) in [6.07, 6.45) is 5.20. The van der Waals surface area contributed by atoms with Gasteiger partial charge in [-0.2, -0.15) is 0 Å². The van der Waals surface area contributed by atoms with Crippen molar-refractivity contribution in [3.05, 3.63) is 35.1 Å². The van der Waals surface area contributed by atoms with Gasteiger partial charge < -0.3 is 5.32 Å². The van der Waals surface area contributed by atoms with Crippen molar-refractivity contribution in [2.24, 2.45) is 5.92 Å².